The lowest BCUT2D eigenvalue weighted by molar-refractivity contribution is -0.312. The SMILES string of the molecule is C=C[C@@]1(C)CC[C@H]2C(=CC[C@@H]3[C@]2(C)CC[C@H](O)[C@]3(C)CO[C@@H]2O[C@H](CO)[C@@H](O)[C@@H](O)[C@@H]2O)C1. The highest BCUT2D eigenvalue weighted by atomic mass is 16.7. The van der Waals surface area contributed by atoms with E-state index in [2.05, 4.69) is 39.5 Å². The Hall–Kier alpha value is -0.800. The van der Waals surface area contributed by atoms with Crippen LogP contribution in [0.5, 0.6) is 0 Å². The van der Waals surface area contributed by atoms with Crippen molar-refractivity contribution >= 4 is 0 Å². The number of hydrogen-bond donors (Lipinski definition) is 5. The molecule has 1 saturated heterocycles. The number of rotatable bonds is 5. The van der Waals surface area contributed by atoms with Gasteiger partial charge in [-0.3, -0.25) is 0 Å². The van der Waals surface area contributed by atoms with E-state index in [0.29, 0.717) is 12.3 Å². The van der Waals surface area contributed by atoms with Crippen molar-refractivity contribution in [2.75, 3.05) is 13.2 Å². The van der Waals surface area contributed by atoms with Gasteiger partial charge in [-0.25, -0.2) is 0 Å². The van der Waals surface area contributed by atoms with Gasteiger partial charge in [0.2, 0.25) is 0 Å². The molecule has 7 heteroatoms. The summed E-state index contributed by atoms with van der Waals surface area (Å²) in [5.74, 6) is 0.670. The normalized spacial score (nSPS) is 52.4. The van der Waals surface area contributed by atoms with Crippen LogP contribution in [0.1, 0.15) is 59.3 Å². The van der Waals surface area contributed by atoms with Crippen molar-refractivity contribution in [1.82, 2.24) is 0 Å². The minimum Gasteiger partial charge on any atom is -0.394 e. The van der Waals surface area contributed by atoms with Gasteiger partial charge in [-0.1, -0.05) is 38.5 Å². The van der Waals surface area contributed by atoms with E-state index in [1.165, 1.54) is 5.57 Å². The minimum atomic E-state index is -1.48. The highest BCUT2D eigenvalue weighted by molar-refractivity contribution is 5.25. The van der Waals surface area contributed by atoms with Crippen molar-refractivity contribution in [3.63, 3.8) is 0 Å². The number of hydrogen-bond acceptors (Lipinski definition) is 7. The molecule has 5 N–H and O–H groups in total. The summed E-state index contributed by atoms with van der Waals surface area (Å²) in [6.45, 7) is 10.4. The summed E-state index contributed by atoms with van der Waals surface area (Å²) >= 11 is 0. The quantitative estimate of drug-likeness (QED) is 0.393. The van der Waals surface area contributed by atoms with Gasteiger partial charge in [0.1, 0.15) is 24.4 Å². The number of fused-ring (bicyclic) bond motifs is 3. The molecule has 4 rings (SSSR count). The molecule has 3 aliphatic carbocycles. The smallest absolute Gasteiger partial charge is 0.186 e. The molecule has 1 aliphatic heterocycles. The predicted octanol–water partition coefficient (Wildman–Crippen LogP) is 1.91. The second kappa shape index (κ2) is 9.01. The van der Waals surface area contributed by atoms with E-state index in [4.69, 9.17) is 9.47 Å². The average Bonchev–Trinajstić information content (AvgIpc) is 2.80. The van der Waals surface area contributed by atoms with E-state index in [-0.39, 0.29) is 23.4 Å². The molecule has 3 fully saturated rings. The maximum absolute atomic E-state index is 11.1. The van der Waals surface area contributed by atoms with Crippen LogP contribution in [0.3, 0.4) is 0 Å². The van der Waals surface area contributed by atoms with Gasteiger partial charge in [0.15, 0.2) is 6.29 Å². The molecule has 0 bridgehead atoms. The summed E-state index contributed by atoms with van der Waals surface area (Å²) in [5.41, 5.74) is 1.15. The van der Waals surface area contributed by atoms with E-state index in [9.17, 15) is 25.5 Å². The topological polar surface area (TPSA) is 120 Å². The molecule has 33 heavy (non-hydrogen) atoms. The predicted molar refractivity (Wildman–Crippen MR) is 123 cm³/mol. The lowest BCUT2D eigenvalue weighted by Gasteiger charge is -2.61. The summed E-state index contributed by atoms with van der Waals surface area (Å²) in [7, 11) is 0. The lowest BCUT2D eigenvalue weighted by atomic mass is 9.45. The number of aliphatic hydroxyl groups excluding tert-OH is 5. The van der Waals surface area contributed by atoms with Crippen LogP contribution in [0.15, 0.2) is 24.3 Å². The van der Waals surface area contributed by atoms with Crippen molar-refractivity contribution in [2.45, 2.75) is 96.1 Å². The van der Waals surface area contributed by atoms with E-state index >= 15 is 0 Å². The highest BCUT2D eigenvalue weighted by Crippen LogP contribution is 2.63. The summed E-state index contributed by atoms with van der Waals surface area (Å²) < 4.78 is 11.5. The number of aliphatic hydroxyl groups is 5. The van der Waals surface area contributed by atoms with E-state index < -0.39 is 48.8 Å². The van der Waals surface area contributed by atoms with Crippen molar-refractivity contribution in [3.05, 3.63) is 24.3 Å². The van der Waals surface area contributed by atoms with Gasteiger partial charge in [0.05, 0.1) is 19.3 Å². The second-order valence-electron chi connectivity index (χ2n) is 11.8. The highest BCUT2D eigenvalue weighted by Gasteiger charge is 2.59. The molecule has 188 valence electrons. The van der Waals surface area contributed by atoms with Gasteiger partial charge in [-0.2, -0.15) is 0 Å². The Bertz CT molecular complexity index is 768. The molecule has 0 aromatic rings. The van der Waals surface area contributed by atoms with Gasteiger partial charge in [0, 0.05) is 5.41 Å². The Balaban J connectivity index is 1.54. The fourth-order valence-electron chi connectivity index (χ4n) is 7.30. The van der Waals surface area contributed by atoms with Crippen molar-refractivity contribution < 1.29 is 35.0 Å². The van der Waals surface area contributed by atoms with Gasteiger partial charge >= 0.3 is 0 Å². The molecule has 0 spiro atoms. The molecule has 11 atom stereocenters. The monoisotopic (exact) mass is 466 g/mol. The molecule has 0 amide bonds. The zero-order valence-electron chi connectivity index (χ0n) is 20.2. The first-order chi connectivity index (χ1) is 15.5. The van der Waals surface area contributed by atoms with Crippen LogP contribution in [0.2, 0.25) is 0 Å². The van der Waals surface area contributed by atoms with E-state index in [0.717, 1.165) is 32.1 Å². The Morgan fingerprint density at radius 3 is 2.48 bits per heavy atom. The standard InChI is InChI=1S/C26H42O7/c1-5-24(2)10-8-16-15(12-24)6-7-18-25(16,3)11-9-19(28)26(18,4)14-32-23-22(31)21(30)20(29)17(13-27)33-23/h5-6,16-23,27-31H,1,7-14H2,2-4H3/t16-,17+,18+,19-,20+,21+,22-,23+,24-,25+,26+/m0/s1. The van der Waals surface area contributed by atoms with Crippen LogP contribution >= 0.6 is 0 Å². The fraction of sp³-hybridized carbons (Fsp3) is 0.846. The third-order valence-electron chi connectivity index (χ3n) is 9.68. The first-order valence-electron chi connectivity index (χ1n) is 12.4. The van der Waals surface area contributed by atoms with Crippen molar-refractivity contribution in [1.29, 1.82) is 0 Å². The molecular formula is C26H42O7. The largest absolute Gasteiger partial charge is 0.394 e. The molecule has 1 heterocycles. The first-order valence-corrected chi connectivity index (χ1v) is 12.4. The summed E-state index contributed by atoms with van der Waals surface area (Å²) in [6.07, 6.45) is 3.17. The van der Waals surface area contributed by atoms with Gasteiger partial charge < -0.3 is 35.0 Å². The third kappa shape index (κ3) is 4.14. The second-order valence-corrected chi connectivity index (χ2v) is 11.8. The van der Waals surface area contributed by atoms with Crippen LogP contribution in [0, 0.1) is 28.1 Å². The fourth-order valence-corrected chi connectivity index (χ4v) is 7.30. The summed E-state index contributed by atoms with van der Waals surface area (Å²) in [5, 5.41) is 51.1. The number of ether oxygens (including phenoxy) is 2. The van der Waals surface area contributed by atoms with Crippen LogP contribution in [-0.2, 0) is 9.47 Å². The van der Waals surface area contributed by atoms with Crippen LogP contribution in [0.25, 0.3) is 0 Å². The maximum atomic E-state index is 11.1. The van der Waals surface area contributed by atoms with Gasteiger partial charge in [0.25, 0.3) is 0 Å². The van der Waals surface area contributed by atoms with Crippen LogP contribution in [0.4, 0.5) is 0 Å². The molecule has 4 aliphatic rings. The Labute approximate surface area is 197 Å². The zero-order valence-corrected chi connectivity index (χ0v) is 20.2. The molecule has 0 aromatic carbocycles. The van der Waals surface area contributed by atoms with E-state index in [1.807, 2.05) is 0 Å². The Kier molecular flexibility index (Phi) is 6.91. The summed E-state index contributed by atoms with van der Waals surface area (Å²) in [6, 6.07) is 0. The lowest BCUT2D eigenvalue weighted by Crippen LogP contribution is -2.61. The summed E-state index contributed by atoms with van der Waals surface area (Å²) in [4.78, 5) is 0. The van der Waals surface area contributed by atoms with Crippen LogP contribution < -0.4 is 0 Å². The minimum absolute atomic E-state index is 0.0410. The maximum Gasteiger partial charge on any atom is 0.186 e. The molecule has 2 saturated carbocycles. The third-order valence-corrected chi connectivity index (χ3v) is 9.68. The molecule has 0 aromatic heterocycles. The van der Waals surface area contributed by atoms with Crippen molar-refractivity contribution in [3.8, 4) is 0 Å². The molecule has 0 unspecified atom stereocenters. The Morgan fingerprint density at radius 2 is 1.82 bits per heavy atom. The first kappa shape index (κ1) is 25.3. The Morgan fingerprint density at radius 1 is 1.09 bits per heavy atom. The average molecular weight is 467 g/mol. The van der Waals surface area contributed by atoms with Crippen molar-refractivity contribution in [2.24, 2.45) is 28.1 Å². The van der Waals surface area contributed by atoms with Gasteiger partial charge in [-0.05, 0) is 61.2 Å². The van der Waals surface area contributed by atoms with E-state index in [1.54, 1.807) is 0 Å². The van der Waals surface area contributed by atoms with Gasteiger partial charge in [-0.15, -0.1) is 6.58 Å². The molecule has 0 radical (unpaired) electrons. The molecule has 7 nitrogen and oxygen atoms in total. The van der Waals surface area contributed by atoms with Crippen LogP contribution in [-0.4, -0.2) is 75.6 Å². The zero-order chi connectivity index (χ0) is 24.2. The number of allylic oxidation sites excluding steroid dienone is 3. The molecular weight excluding hydrogens is 424 g/mol.